The smallest absolute Gasteiger partial charge is 0.362 e. The Morgan fingerprint density at radius 1 is 1.47 bits per heavy atom. The predicted octanol–water partition coefficient (Wildman–Crippen LogP) is 0.479. The van der Waals surface area contributed by atoms with Gasteiger partial charge < -0.3 is 10.1 Å². The molecule has 1 saturated heterocycles. The highest BCUT2D eigenvalue weighted by atomic mass is 35.5. The molecule has 1 fully saturated rings. The van der Waals surface area contributed by atoms with Crippen molar-refractivity contribution < 1.29 is 5.21 Å². The first kappa shape index (κ1) is 14.5. The molecule has 6 nitrogen and oxygen atoms in total. The summed E-state index contributed by atoms with van der Waals surface area (Å²) in [6, 6.07) is 0. The third kappa shape index (κ3) is 2.19. The number of aromatic nitrogens is 2. The summed E-state index contributed by atoms with van der Waals surface area (Å²) in [5, 5.41) is 10.3. The zero-order chi connectivity index (χ0) is 12.9. The van der Waals surface area contributed by atoms with Crippen molar-refractivity contribution in [1.82, 2.24) is 14.6 Å². The van der Waals surface area contributed by atoms with Crippen LogP contribution in [0.4, 0.5) is 0 Å². The number of aromatic amines is 1. The molecule has 3 heterocycles. The van der Waals surface area contributed by atoms with Gasteiger partial charge in [0.1, 0.15) is 0 Å². The minimum Gasteiger partial charge on any atom is -0.421 e. The highest BCUT2D eigenvalue weighted by Crippen LogP contribution is 2.46. The van der Waals surface area contributed by atoms with E-state index in [1.165, 1.54) is 0 Å². The largest absolute Gasteiger partial charge is 0.421 e. The number of nitrogens with zero attached hydrogens (tertiary/aromatic N) is 2. The van der Waals surface area contributed by atoms with Crippen molar-refractivity contribution in [3.63, 3.8) is 0 Å². The van der Waals surface area contributed by atoms with Gasteiger partial charge in [-0.05, 0) is 19.5 Å². The Labute approximate surface area is 120 Å². The van der Waals surface area contributed by atoms with Gasteiger partial charge in [0.15, 0.2) is 0 Å². The Balaban J connectivity index is 0.00000133. The Kier molecular flexibility index (Phi) is 3.98. The summed E-state index contributed by atoms with van der Waals surface area (Å²) < 4.78 is 0.188. The minimum absolute atomic E-state index is 0. The van der Waals surface area contributed by atoms with Crippen molar-refractivity contribution in [2.45, 2.75) is 29.5 Å². The number of piperidine rings is 1. The fourth-order valence-electron chi connectivity index (χ4n) is 2.81. The standard InChI is InChI=1S/C11H15N3O3S.ClH/c1-2-13-4-3-6-7(5-13)18-9-8(6)10(15)14(17)11(16)12-9;/h6-7,17H,2-5H2,1H3,(H,12,16);1H. The van der Waals surface area contributed by atoms with Crippen LogP contribution in [-0.2, 0) is 0 Å². The van der Waals surface area contributed by atoms with Gasteiger partial charge in [-0.15, -0.1) is 24.2 Å². The van der Waals surface area contributed by atoms with Gasteiger partial charge in [-0.2, -0.15) is 0 Å². The lowest BCUT2D eigenvalue weighted by molar-refractivity contribution is 0.155. The molecule has 1 aromatic heterocycles. The number of halogens is 1. The van der Waals surface area contributed by atoms with E-state index < -0.39 is 11.2 Å². The number of likely N-dealkylation sites (tertiary alicyclic amines) is 1. The van der Waals surface area contributed by atoms with Gasteiger partial charge in [0, 0.05) is 17.7 Å². The average Bonchev–Trinajstić information content (AvgIpc) is 2.72. The van der Waals surface area contributed by atoms with Gasteiger partial charge in [-0.25, -0.2) is 4.79 Å². The number of hydrogen-bond acceptors (Lipinski definition) is 5. The number of nitrogens with one attached hydrogen (secondary N) is 1. The van der Waals surface area contributed by atoms with Gasteiger partial charge in [-0.1, -0.05) is 11.7 Å². The third-order valence-corrected chi connectivity index (χ3v) is 5.15. The summed E-state index contributed by atoms with van der Waals surface area (Å²) in [6.07, 6.45) is 0.903. The number of H-pyrrole nitrogens is 1. The number of rotatable bonds is 1. The monoisotopic (exact) mass is 305 g/mol. The van der Waals surface area contributed by atoms with E-state index in [1.807, 2.05) is 0 Å². The highest BCUT2D eigenvalue weighted by molar-refractivity contribution is 8.00. The van der Waals surface area contributed by atoms with Crippen molar-refractivity contribution >= 4 is 24.2 Å². The molecule has 0 aromatic carbocycles. The van der Waals surface area contributed by atoms with Crippen molar-refractivity contribution in [2.75, 3.05) is 19.6 Å². The van der Waals surface area contributed by atoms with Gasteiger partial charge in [0.2, 0.25) is 0 Å². The average molecular weight is 306 g/mol. The molecule has 0 bridgehead atoms. The van der Waals surface area contributed by atoms with Crippen molar-refractivity contribution in [2.24, 2.45) is 0 Å². The second-order valence-corrected chi connectivity index (χ2v) is 5.98. The van der Waals surface area contributed by atoms with Crippen LogP contribution in [0.3, 0.4) is 0 Å². The molecule has 0 saturated carbocycles. The van der Waals surface area contributed by atoms with Crippen LogP contribution in [0.1, 0.15) is 24.8 Å². The van der Waals surface area contributed by atoms with E-state index in [4.69, 9.17) is 0 Å². The van der Waals surface area contributed by atoms with Crippen LogP contribution in [0, 0.1) is 0 Å². The molecule has 106 valence electrons. The van der Waals surface area contributed by atoms with Gasteiger partial charge in [-0.3, -0.25) is 9.78 Å². The first-order valence-corrected chi connectivity index (χ1v) is 6.97. The van der Waals surface area contributed by atoms with Crippen molar-refractivity contribution in [3.8, 4) is 0 Å². The summed E-state index contributed by atoms with van der Waals surface area (Å²) >= 11 is 1.55. The lowest BCUT2D eigenvalue weighted by Crippen LogP contribution is -2.41. The van der Waals surface area contributed by atoms with E-state index >= 15 is 0 Å². The molecule has 0 radical (unpaired) electrons. The Hall–Kier alpha value is -0.920. The maximum atomic E-state index is 12.0. The number of hydrogen-bond donors (Lipinski definition) is 2. The zero-order valence-corrected chi connectivity index (χ0v) is 12.1. The first-order chi connectivity index (χ1) is 8.61. The fourth-order valence-corrected chi connectivity index (χ4v) is 4.35. The van der Waals surface area contributed by atoms with Gasteiger partial charge >= 0.3 is 5.69 Å². The van der Waals surface area contributed by atoms with E-state index in [2.05, 4.69) is 16.8 Å². The van der Waals surface area contributed by atoms with E-state index in [9.17, 15) is 14.8 Å². The van der Waals surface area contributed by atoms with Crippen LogP contribution in [0.25, 0.3) is 0 Å². The maximum absolute atomic E-state index is 12.0. The topological polar surface area (TPSA) is 78.3 Å². The first-order valence-electron chi connectivity index (χ1n) is 6.09. The third-order valence-electron chi connectivity index (χ3n) is 3.81. The van der Waals surface area contributed by atoms with E-state index in [0.29, 0.717) is 15.8 Å². The van der Waals surface area contributed by atoms with Crippen LogP contribution in [-0.4, -0.2) is 44.7 Å². The summed E-state index contributed by atoms with van der Waals surface area (Å²) in [5.41, 5.74) is -0.723. The van der Waals surface area contributed by atoms with Gasteiger partial charge in [0.05, 0.1) is 10.6 Å². The van der Waals surface area contributed by atoms with E-state index in [-0.39, 0.29) is 23.1 Å². The summed E-state index contributed by atoms with van der Waals surface area (Å²) in [4.78, 5) is 28.2. The summed E-state index contributed by atoms with van der Waals surface area (Å²) in [5.74, 6) is 0.149. The van der Waals surface area contributed by atoms with E-state index in [1.54, 1.807) is 11.8 Å². The van der Waals surface area contributed by atoms with Crippen LogP contribution < -0.4 is 11.2 Å². The SMILES string of the molecule is CCN1CCC2c3c([nH]c(=O)n(O)c3=O)SC2C1.Cl. The highest BCUT2D eigenvalue weighted by Gasteiger charge is 2.40. The van der Waals surface area contributed by atoms with Crippen LogP contribution >= 0.6 is 24.2 Å². The Morgan fingerprint density at radius 3 is 2.89 bits per heavy atom. The quantitative estimate of drug-likeness (QED) is 0.583. The lowest BCUT2D eigenvalue weighted by Gasteiger charge is -2.33. The van der Waals surface area contributed by atoms with Crippen molar-refractivity contribution in [3.05, 3.63) is 26.4 Å². The predicted molar refractivity (Wildman–Crippen MR) is 74.9 cm³/mol. The minimum atomic E-state index is -0.753. The molecule has 0 spiro atoms. The summed E-state index contributed by atoms with van der Waals surface area (Å²) in [7, 11) is 0. The number of thioether (sulfide) groups is 1. The molecule has 1 aromatic rings. The molecule has 2 unspecified atom stereocenters. The van der Waals surface area contributed by atoms with Crippen LogP contribution in [0.15, 0.2) is 14.6 Å². The Bertz CT molecular complexity index is 600. The second kappa shape index (κ2) is 5.22. The van der Waals surface area contributed by atoms with Crippen LogP contribution in [0.5, 0.6) is 0 Å². The molecule has 2 atom stereocenters. The van der Waals surface area contributed by atoms with Crippen LogP contribution in [0.2, 0.25) is 0 Å². The summed E-state index contributed by atoms with van der Waals surface area (Å²) in [6.45, 7) is 5.01. The number of fused-ring (bicyclic) bond motifs is 3. The molecular formula is C11H16ClN3O3S. The maximum Gasteiger partial charge on any atom is 0.362 e. The zero-order valence-electron chi connectivity index (χ0n) is 10.5. The van der Waals surface area contributed by atoms with E-state index in [0.717, 1.165) is 26.1 Å². The molecule has 0 amide bonds. The lowest BCUT2D eigenvalue weighted by atomic mass is 9.91. The van der Waals surface area contributed by atoms with Gasteiger partial charge in [0.25, 0.3) is 5.56 Å². The molecule has 2 aliphatic rings. The van der Waals surface area contributed by atoms with Crippen molar-refractivity contribution in [1.29, 1.82) is 0 Å². The molecule has 19 heavy (non-hydrogen) atoms. The molecule has 2 N–H and O–H groups in total. The molecule has 0 aliphatic carbocycles. The normalized spacial score (nSPS) is 25.5. The molecule has 3 rings (SSSR count). The molecule has 2 aliphatic heterocycles. The fraction of sp³-hybridized carbons (Fsp3) is 0.636. The molecular weight excluding hydrogens is 290 g/mol. The molecule has 8 heteroatoms. The Morgan fingerprint density at radius 2 is 2.21 bits per heavy atom. The second-order valence-electron chi connectivity index (χ2n) is 4.73.